The molecule has 7 nitrogen and oxygen atoms in total. The van der Waals surface area contributed by atoms with Crippen molar-refractivity contribution in [2.45, 2.75) is 24.8 Å². The van der Waals surface area contributed by atoms with E-state index in [9.17, 15) is 26.8 Å². The lowest BCUT2D eigenvalue weighted by Gasteiger charge is -2.14. The summed E-state index contributed by atoms with van der Waals surface area (Å²) in [6.45, 7) is 2.28. The van der Waals surface area contributed by atoms with Gasteiger partial charge in [-0.25, -0.2) is 17.2 Å². The van der Waals surface area contributed by atoms with Crippen LogP contribution in [-0.2, 0) is 24.3 Å². The predicted molar refractivity (Wildman–Crippen MR) is 96.9 cm³/mol. The average molecular weight is 412 g/mol. The number of carbonyl (C=O) groups is 2. The van der Waals surface area contributed by atoms with Crippen LogP contribution in [0.3, 0.4) is 0 Å². The molecule has 2 aromatic carbocycles. The minimum atomic E-state index is -3.95. The van der Waals surface area contributed by atoms with Gasteiger partial charge in [-0.1, -0.05) is 17.7 Å². The van der Waals surface area contributed by atoms with Crippen LogP contribution in [0.2, 0.25) is 0 Å². The molecule has 0 radical (unpaired) electrons. The largest absolute Gasteiger partial charge is 0.454 e. The highest BCUT2D eigenvalue weighted by Crippen LogP contribution is 2.15. The molecule has 0 heterocycles. The summed E-state index contributed by atoms with van der Waals surface area (Å²) < 4.78 is 57.6. The molecule has 2 N–H and O–H groups in total. The zero-order valence-corrected chi connectivity index (χ0v) is 15.8. The lowest BCUT2D eigenvalue weighted by molar-refractivity contribution is -0.148. The van der Waals surface area contributed by atoms with Gasteiger partial charge in [0.2, 0.25) is 10.0 Å². The highest BCUT2D eigenvalue weighted by atomic mass is 32.2. The Bertz CT molecular complexity index is 978. The molecule has 0 unspecified atom stereocenters. The molecule has 0 aromatic heterocycles. The molecule has 0 aliphatic heterocycles. The van der Waals surface area contributed by atoms with Gasteiger partial charge in [-0.15, -0.1) is 0 Å². The Morgan fingerprint density at radius 2 is 1.75 bits per heavy atom. The summed E-state index contributed by atoms with van der Waals surface area (Å²) in [6.07, 6.45) is 0. The fourth-order valence-corrected chi connectivity index (χ4v) is 3.30. The molecule has 10 heteroatoms. The lowest BCUT2D eigenvalue weighted by Crippen LogP contribution is -2.40. The molecule has 1 amide bonds. The summed E-state index contributed by atoms with van der Waals surface area (Å²) in [6, 6.07) is 7.29. The highest BCUT2D eigenvalue weighted by molar-refractivity contribution is 7.89. The average Bonchev–Trinajstić information content (AvgIpc) is 2.62. The second-order valence-electron chi connectivity index (χ2n) is 5.94. The third-order valence-corrected chi connectivity index (χ3v) is 5.12. The van der Waals surface area contributed by atoms with Gasteiger partial charge in [-0.3, -0.25) is 9.59 Å². The monoisotopic (exact) mass is 412 g/mol. The quantitative estimate of drug-likeness (QED) is 0.679. The second-order valence-corrected chi connectivity index (χ2v) is 7.65. The number of halogens is 2. The van der Waals surface area contributed by atoms with Crippen molar-refractivity contribution in [3.05, 3.63) is 59.7 Å². The van der Waals surface area contributed by atoms with Crippen LogP contribution in [0, 0.1) is 18.6 Å². The maximum atomic E-state index is 13.5. The molecule has 150 valence electrons. The van der Waals surface area contributed by atoms with Crippen LogP contribution in [0.15, 0.2) is 47.4 Å². The minimum absolute atomic E-state index is 0.0257. The Balaban J connectivity index is 1.89. The molecule has 0 saturated heterocycles. The molecular formula is C18H18F2N2O5S. The summed E-state index contributed by atoms with van der Waals surface area (Å²) in [5.74, 6) is -3.66. The van der Waals surface area contributed by atoms with Crippen molar-refractivity contribution >= 4 is 27.6 Å². The van der Waals surface area contributed by atoms with E-state index in [4.69, 9.17) is 4.74 Å². The predicted octanol–water partition coefficient (Wildman–Crippen LogP) is 2.12. The van der Waals surface area contributed by atoms with Crippen molar-refractivity contribution in [3.8, 4) is 0 Å². The number of nitrogens with one attached hydrogen (secondary N) is 2. The van der Waals surface area contributed by atoms with Crippen LogP contribution in [0.4, 0.5) is 14.5 Å². The number of rotatable bonds is 7. The first-order valence-electron chi connectivity index (χ1n) is 8.09. The number of esters is 1. The van der Waals surface area contributed by atoms with Crippen LogP contribution in [0.25, 0.3) is 0 Å². The fraction of sp³-hybridized carbons (Fsp3) is 0.222. The van der Waals surface area contributed by atoms with E-state index in [1.54, 1.807) is 19.1 Å². The Labute approximate surface area is 160 Å². The van der Waals surface area contributed by atoms with Gasteiger partial charge in [0.25, 0.3) is 5.91 Å². The maximum absolute atomic E-state index is 13.5. The number of carbonyl (C=O) groups excluding carboxylic acids is 2. The summed E-state index contributed by atoms with van der Waals surface area (Å²) in [4.78, 5) is 23.6. The number of amides is 1. The molecule has 1 atom stereocenters. The normalized spacial score (nSPS) is 12.3. The van der Waals surface area contributed by atoms with Crippen LogP contribution < -0.4 is 10.0 Å². The number of aryl methyl sites for hydroxylation is 1. The number of benzene rings is 2. The minimum Gasteiger partial charge on any atom is -0.454 e. The van der Waals surface area contributed by atoms with Crippen LogP contribution >= 0.6 is 0 Å². The molecule has 2 aromatic rings. The first-order valence-corrected chi connectivity index (χ1v) is 9.57. The van der Waals surface area contributed by atoms with Gasteiger partial charge in [0.15, 0.2) is 6.61 Å². The van der Waals surface area contributed by atoms with Crippen molar-refractivity contribution in [3.63, 3.8) is 0 Å². The number of ether oxygens (including phenoxy) is 1. The van der Waals surface area contributed by atoms with E-state index in [0.717, 1.165) is 17.7 Å². The molecule has 0 bridgehead atoms. The molecule has 0 saturated carbocycles. The Hall–Kier alpha value is -2.85. The Morgan fingerprint density at radius 1 is 1.11 bits per heavy atom. The molecule has 28 heavy (non-hydrogen) atoms. The number of sulfonamides is 1. The van der Waals surface area contributed by atoms with Gasteiger partial charge in [0, 0.05) is 6.07 Å². The summed E-state index contributed by atoms with van der Waals surface area (Å²) >= 11 is 0. The Morgan fingerprint density at radius 3 is 2.36 bits per heavy atom. The van der Waals surface area contributed by atoms with E-state index in [2.05, 4.69) is 10.0 Å². The zero-order valence-electron chi connectivity index (χ0n) is 15.0. The van der Waals surface area contributed by atoms with Gasteiger partial charge in [-0.05, 0) is 38.1 Å². The summed E-state index contributed by atoms with van der Waals surface area (Å²) in [7, 11) is -3.95. The summed E-state index contributed by atoms with van der Waals surface area (Å²) in [5, 5.41) is 2.11. The van der Waals surface area contributed by atoms with E-state index in [-0.39, 0.29) is 10.6 Å². The molecule has 0 aliphatic rings. The topological polar surface area (TPSA) is 102 Å². The van der Waals surface area contributed by atoms with Gasteiger partial charge >= 0.3 is 5.97 Å². The summed E-state index contributed by atoms with van der Waals surface area (Å²) in [5.41, 5.74) is 0.589. The third kappa shape index (κ3) is 5.83. The van der Waals surface area contributed by atoms with Crippen molar-refractivity contribution in [2.24, 2.45) is 0 Å². The lowest BCUT2D eigenvalue weighted by atomic mass is 10.2. The van der Waals surface area contributed by atoms with Gasteiger partial charge in [-0.2, -0.15) is 4.72 Å². The van der Waals surface area contributed by atoms with Crippen LogP contribution in [0.5, 0.6) is 0 Å². The van der Waals surface area contributed by atoms with Crippen molar-refractivity contribution in [1.29, 1.82) is 0 Å². The van der Waals surface area contributed by atoms with Gasteiger partial charge in [0.1, 0.15) is 17.7 Å². The van der Waals surface area contributed by atoms with Crippen molar-refractivity contribution in [1.82, 2.24) is 4.72 Å². The van der Waals surface area contributed by atoms with E-state index in [0.29, 0.717) is 6.07 Å². The smallest absolute Gasteiger partial charge is 0.324 e. The van der Waals surface area contributed by atoms with Gasteiger partial charge < -0.3 is 10.1 Å². The number of hydrogen-bond donors (Lipinski definition) is 2. The van der Waals surface area contributed by atoms with E-state index in [1.807, 2.05) is 0 Å². The van der Waals surface area contributed by atoms with E-state index >= 15 is 0 Å². The SMILES string of the molecule is Cc1ccc(S(=O)(=O)N[C@H](C)C(=O)OCC(=O)Nc2ccc(F)cc2F)cc1. The molecule has 2 rings (SSSR count). The third-order valence-electron chi connectivity index (χ3n) is 3.57. The van der Waals surface area contributed by atoms with Crippen molar-refractivity contribution < 1.29 is 31.5 Å². The van der Waals surface area contributed by atoms with Gasteiger partial charge in [0.05, 0.1) is 10.6 Å². The van der Waals surface area contributed by atoms with Crippen molar-refractivity contribution in [2.75, 3.05) is 11.9 Å². The standard InChI is InChI=1S/C18H18F2N2O5S/c1-11-3-6-14(7-4-11)28(25,26)22-12(2)18(24)27-10-17(23)21-16-8-5-13(19)9-15(16)20/h3-9,12,22H,10H2,1-2H3,(H,21,23)/t12-/m1/s1. The second kappa shape index (κ2) is 8.89. The number of anilines is 1. The maximum Gasteiger partial charge on any atom is 0.324 e. The molecule has 0 fully saturated rings. The first kappa shape index (κ1) is 21.5. The number of hydrogen-bond acceptors (Lipinski definition) is 5. The molecule has 0 spiro atoms. The van der Waals surface area contributed by atoms with Crippen LogP contribution in [-0.4, -0.2) is 32.9 Å². The first-order chi connectivity index (χ1) is 13.1. The fourth-order valence-electron chi connectivity index (χ4n) is 2.11. The molecule has 0 aliphatic carbocycles. The van der Waals surface area contributed by atoms with E-state index in [1.165, 1.54) is 19.1 Å². The van der Waals surface area contributed by atoms with Crippen LogP contribution in [0.1, 0.15) is 12.5 Å². The molecular weight excluding hydrogens is 394 g/mol. The van der Waals surface area contributed by atoms with E-state index < -0.39 is 46.2 Å². The zero-order chi connectivity index (χ0) is 20.9. The Kier molecular flexibility index (Phi) is 6.81. The highest BCUT2D eigenvalue weighted by Gasteiger charge is 2.23.